The Hall–Kier alpha value is -1.71. The summed E-state index contributed by atoms with van der Waals surface area (Å²) in [6.07, 6.45) is 4.11. The number of benzene rings is 1. The number of Topliss-reactive ketones (excluding diaryl/α,β-unsaturated/α-hetero) is 1. The minimum absolute atomic E-state index is 0.192. The van der Waals surface area contributed by atoms with Crippen LogP contribution in [-0.2, 0) is 0 Å². The lowest BCUT2D eigenvalue weighted by Crippen LogP contribution is -2.44. The third kappa shape index (κ3) is 1.95. The van der Waals surface area contributed by atoms with Crippen molar-refractivity contribution in [3.8, 4) is 11.5 Å². The monoisotopic (exact) mass is 261 g/mol. The van der Waals surface area contributed by atoms with Gasteiger partial charge in [-0.1, -0.05) is 0 Å². The van der Waals surface area contributed by atoms with Gasteiger partial charge in [0.25, 0.3) is 0 Å². The fourth-order valence-corrected chi connectivity index (χ4v) is 3.21. The molecule has 0 bridgehead atoms. The minimum atomic E-state index is 0.192. The number of rotatable bonds is 2. The molecule has 0 N–H and O–H groups in total. The predicted molar refractivity (Wildman–Crippen MR) is 73.5 cm³/mol. The molecular weight excluding hydrogens is 242 g/mol. The molecule has 1 aromatic rings. The van der Waals surface area contributed by atoms with Crippen LogP contribution in [0.5, 0.6) is 11.5 Å². The second-order valence-corrected chi connectivity index (χ2v) is 5.19. The highest BCUT2D eigenvalue weighted by molar-refractivity contribution is 6.06. The van der Waals surface area contributed by atoms with Gasteiger partial charge in [0.1, 0.15) is 11.5 Å². The average molecular weight is 261 g/mol. The molecule has 2 heterocycles. The van der Waals surface area contributed by atoms with Crippen molar-refractivity contribution in [1.29, 1.82) is 0 Å². The highest BCUT2D eigenvalue weighted by atomic mass is 16.5. The van der Waals surface area contributed by atoms with Crippen molar-refractivity contribution in [2.24, 2.45) is 0 Å². The molecule has 1 atom stereocenters. The molecule has 0 saturated carbocycles. The maximum absolute atomic E-state index is 12.4. The van der Waals surface area contributed by atoms with Gasteiger partial charge in [-0.25, -0.2) is 0 Å². The van der Waals surface area contributed by atoms with E-state index < -0.39 is 0 Å². The summed E-state index contributed by atoms with van der Waals surface area (Å²) in [5, 5.41) is 0. The number of carbonyl (C=O) groups is 1. The Morgan fingerprint density at radius 2 is 2.05 bits per heavy atom. The molecular formula is C15H19NO3. The molecule has 0 aliphatic carbocycles. The lowest BCUT2D eigenvalue weighted by Gasteiger charge is -2.41. The molecule has 2 aliphatic heterocycles. The molecule has 1 aromatic carbocycles. The predicted octanol–water partition coefficient (Wildman–Crippen LogP) is 2.65. The Kier molecular flexibility index (Phi) is 3.09. The van der Waals surface area contributed by atoms with Gasteiger partial charge >= 0.3 is 0 Å². The number of carbonyl (C=O) groups excluding carboxylic acids is 1. The molecule has 19 heavy (non-hydrogen) atoms. The maximum Gasteiger partial charge on any atom is 0.170 e. The summed E-state index contributed by atoms with van der Waals surface area (Å²) < 4.78 is 10.7. The Morgan fingerprint density at radius 1 is 1.21 bits per heavy atom. The molecule has 0 spiro atoms. The van der Waals surface area contributed by atoms with E-state index in [1.54, 1.807) is 20.3 Å². The van der Waals surface area contributed by atoms with Crippen LogP contribution in [-0.4, -0.2) is 32.6 Å². The van der Waals surface area contributed by atoms with E-state index in [4.69, 9.17) is 9.47 Å². The van der Waals surface area contributed by atoms with Gasteiger partial charge in [-0.2, -0.15) is 0 Å². The summed E-state index contributed by atoms with van der Waals surface area (Å²) in [4.78, 5) is 14.7. The van der Waals surface area contributed by atoms with E-state index in [0.29, 0.717) is 18.2 Å². The van der Waals surface area contributed by atoms with Crippen molar-refractivity contribution in [2.45, 2.75) is 31.7 Å². The topological polar surface area (TPSA) is 38.8 Å². The number of piperidine rings is 1. The Labute approximate surface area is 113 Å². The third-order valence-electron chi connectivity index (χ3n) is 4.15. The maximum atomic E-state index is 12.4. The summed E-state index contributed by atoms with van der Waals surface area (Å²) in [6.45, 7) is 1.02. The number of ether oxygens (including phenoxy) is 2. The van der Waals surface area contributed by atoms with Gasteiger partial charge in [-0.05, 0) is 19.3 Å². The zero-order valence-electron chi connectivity index (χ0n) is 11.4. The van der Waals surface area contributed by atoms with Gasteiger partial charge in [0, 0.05) is 31.1 Å². The molecule has 3 rings (SSSR count). The van der Waals surface area contributed by atoms with Crippen LogP contribution in [0, 0.1) is 0 Å². The lowest BCUT2D eigenvalue weighted by atomic mass is 9.88. The largest absolute Gasteiger partial charge is 0.497 e. The van der Waals surface area contributed by atoms with E-state index >= 15 is 0 Å². The molecule has 0 amide bonds. The Balaban J connectivity index is 2.14. The van der Waals surface area contributed by atoms with E-state index in [0.717, 1.165) is 30.0 Å². The number of hydrogen-bond donors (Lipinski definition) is 0. The van der Waals surface area contributed by atoms with Crippen molar-refractivity contribution in [1.82, 2.24) is 0 Å². The lowest BCUT2D eigenvalue weighted by molar-refractivity contribution is 0.0958. The summed E-state index contributed by atoms with van der Waals surface area (Å²) in [6, 6.07) is 4.11. The molecule has 102 valence electrons. The van der Waals surface area contributed by atoms with Crippen molar-refractivity contribution in [3.63, 3.8) is 0 Å². The molecule has 0 radical (unpaired) electrons. The quantitative estimate of drug-likeness (QED) is 0.820. The number of methoxy groups -OCH3 is 2. The minimum Gasteiger partial charge on any atom is -0.497 e. The number of fused-ring (bicyclic) bond motifs is 3. The van der Waals surface area contributed by atoms with Gasteiger partial charge in [-0.3, -0.25) is 4.79 Å². The fraction of sp³-hybridized carbons (Fsp3) is 0.533. The first kappa shape index (κ1) is 12.3. The highest BCUT2D eigenvalue weighted by Gasteiger charge is 2.35. The first-order chi connectivity index (χ1) is 9.24. The van der Waals surface area contributed by atoms with Crippen molar-refractivity contribution < 1.29 is 14.3 Å². The Morgan fingerprint density at radius 3 is 2.79 bits per heavy atom. The van der Waals surface area contributed by atoms with Gasteiger partial charge in [0.15, 0.2) is 5.78 Å². The second-order valence-electron chi connectivity index (χ2n) is 5.19. The van der Waals surface area contributed by atoms with Gasteiger partial charge in [-0.15, -0.1) is 0 Å². The van der Waals surface area contributed by atoms with Crippen molar-refractivity contribution in [2.75, 3.05) is 25.7 Å². The number of hydrogen-bond acceptors (Lipinski definition) is 4. The van der Waals surface area contributed by atoms with Crippen LogP contribution in [0.15, 0.2) is 12.1 Å². The van der Waals surface area contributed by atoms with E-state index in [9.17, 15) is 4.79 Å². The zero-order chi connectivity index (χ0) is 13.4. The number of ketones is 1. The van der Waals surface area contributed by atoms with Gasteiger partial charge in [0.05, 0.1) is 25.5 Å². The molecule has 1 fully saturated rings. The number of nitrogens with zero attached hydrogens (tertiary/aromatic N) is 1. The molecule has 4 heteroatoms. The van der Waals surface area contributed by atoms with Crippen LogP contribution in [0.3, 0.4) is 0 Å². The molecule has 1 saturated heterocycles. The molecule has 1 unspecified atom stereocenters. The molecule has 0 aromatic heterocycles. The smallest absolute Gasteiger partial charge is 0.170 e. The first-order valence-corrected chi connectivity index (χ1v) is 6.80. The van der Waals surface area contributed by atoms with Gasteiger partial charge in [0.2, 0.25) is 0 Å². The van der Waals surface area contributed by atoms with Crippen LogP contribution >= 0.6 is 0 Å². The van der Waals surface area contributed by atoms with E-state index in [1.165, 1.54) is 12.8 Å². The van der Waals surface area contributed by atoms with Crippen LogP contribution in [0.1, 0.15) is 36.0 Å². The van der Waals surface area contributed by atoms with Crippen LogP contribution < -0.4 is 14.4 Å². The van der Waals surface area contributed by atoms with E-state index in [-0.39, 0.29) is 5.78 Å². The third-order valence-corrected chi connectivity index (χ3v) is 4.15. The number of anilines is 1. The molecule has 4 nitrogen and oxygen atoms in total. The van der Waals surface area contributed by atoms with Crippen LogP contribution in [0.25, 0.3) is 0 Å². The van der Waals surface area contributed by atoms with Crippen molar-refractivity contribution >= 4 is 11.5 Å². The van der Waals surface area contributed by atoms with Crippen LogP contribution in [0.4, 0.5) is 5.69 Å². The SMILES string of the molecule is COc1cc(OC)c2c(c1)N1CCCCC1CC2=O. The average Bonchev–Trinajstić information content (AvgIpc) is 2.46. The van der Waals surface area contributed by atoms with E-state index in [2.05, 4.69) is 4.90 Å². The standard InChI is InChI=1S/C15H19NO3/c1-18-11-8-12-15(14(9-11)19-2)13(17)7-10-5-3-4-6-16(10)12/h8-10H,3-7H2,1-2H3. The van der Waals surface area contributed by atoms with Crippen molar-refractivity contribution in [3.05, 3.63) is 17.7 Å². The normalized spacial score (nSPS) is 21.7. The molecule has 2 aliphatic rings. The van der Waals surface area contributed by atoms with E-state index in [1.807, 2.05) is 6.07 Å². The second kappa shape index (κ2) is 4.76. The fourth-order valence-electron chi connectivity index (χ4n) is 3.21. The summed E-state index contributed by atoms with van der Waals surface area (Å²) in [5.74, 6) is 1.57. The first-order valence-electron chi connectivity index (χ1n) is 6.80. The zero-order valence-corrected chi connectivity index (χ0v) is 11.4. The Bertz CT molecular complexity index is 512. The summed E-state index contributed by atoms with van der Waals surface area (Å²) in [7, 11) is 3.24. The van der Waals surface area contributed by atoms with Crippen LogP contribution in [0.2, 0.25) is 0 Å². The summed E-state index contributed by atoms with van der Waals surface area (Å²) >= 11 is 0. The summed E-state index contributed by atoms with van der Waals surface area (Å²) in [5.41, 5.74) is 1.71. The highest BCUT2D eigenvalue weighted by Crippen LogP contribution is 2.42. The van der Waals surface area contributed by atoms with Gasteiger partial charge < -0.3 is 14.4 Å².